The first-order valence-corrected chi connectivity index (χ1v) is 15.9. The van der Waals surface area contributed by atoms with Crippen LogP contribution < -0.4 is 4.74 Å². The van der Waals surface area contributed by atoms with E-state index in [4.69, 9.17) is 18.9 Å². The van der Waals surface area contributed by atoms with Gasteiger partial charge in [0.2, 0.25) is 5.79 Å². The van der Waals surface area contributed by atoms with Crippen molar-refractivity contribution in [3.8, 4) is 16.9 Å². The van der Waals surface area contributed by atoms with E-state index in [0.717, 1.165) is 16.9 Å². The Morgan fingerprint density at radius 3 is 2.13 bits per heavy atom. The summed E-state index contributed by atoms with van der Waals surface area (Å²) in [6.45, 7) is 0.891. The molecule has 0 unspecified atom stereocenters. The summed E-state index contributed by atoms with van der Waals surface area (Å²) >= 11 is 0. The smallest absolute Gasteiger partial charge is 0.331 e. The largest absolute Gasteiger partial charge is 0.488 e. The maximum atomic E-state index is 12.5. The molecule has 0 bridgehead atoms. The minimum absolute atomic E-state index is 0.0742. The summed E-state index contributed by atoms with van der Waals surface area (Å²) in [5, 5.41) is 21.4. The molecule has 1 saturated carbocycles. The van der Waals surface area contributed by atoms with Gasteiger partial charge in [-0.25, -0.2) is 4.79 Å². The van der Waals surface area contributed by atoms with Crippen LogP contribution in [0.25, 0.3) is 11.1 Å². The summed E-state index contributed by atoms with van der Waals surface area (Å²) < 4.78 is 23.0. The van der Waals surface area contributed by atoms with Crippen LogP contribution in [0.5, 0.6) is 5.75 Å². The zero-order chi connectivity index (χ0) is 32.2. The molecule has 4 atom stereocenters. The average Bonchev–Trinajstić information content (AvgIpc) is 3.67. The summed E-state index contributed by atoms with van der Waals surface area (Å²) in [6.07, 6.45) is 8.19. The highest BCUT2D eigenvalue weighted by Gasteiger charge is 2.44. The maximum Gasteiger partial charge on any atom is 0.331 e. The fourth-order valence-electron chi connectivity index (χ4n) is 6.22. The van der Waals surface area contributed by atoms with E-state index < -0.39 is 24.0 Å². The Kier molecular flexibility index (Phi) is 11.9. The molecule has 2 aliphatic rings. The number of esters is 1. The van der Waals surface area contributed by atoms with E-state index in [-0.39, 0.29) is 30.8 Å². The highest BCUT2D eigenvalue weighted by atomic mass is 16.8. The monoisotopic (exact) mass is 626 g/mol. The SMILES string of the molecule is O=C(C=CC=CCC[C@@H]1[C@@H](CCC2(COc3ccccc3)OCCO2)[C@H](O)C[C@@H]1O)OCC(=O)c1ccc(-c2ccccc2)cc1. The van der Waals surface area contributed by atoms with E-state index in [1.165, 1.54) is 6.08 Å². The number of carbonyl (C=O) groups is 2. The Hall–Kier alpha value is -4.08. The zero-order valence-electron chi connectivity index (χ0n) is 25.9. The molecule has 8 nitrogen and oxygen atoms in total. The molecule has 2 fully saturated rings. The van der Waals surface area contributed by atoms with Crippen LogP contribution in [-0.2, 0) is 19.0 Å². The van der Waals surface area contributed by atoms with Gasteiger partial charge in [-0.3, -0.25) is 4.79 Å². The van der Waals surface area contributed by atoms with Gasteiger partial charge in [-0.2, -0.15) is 0 Å². The van der Waals surface area contributed by atoms with Gasteiger partial charge in [0.25, 0.3) is 0 Å². The highest BCUT2D eigenvalue weighted by molar-refractivity contribution is 5.98. The van der Waals surface area contributed by atoms with Crippen molar-refractivity contribution in [3.63, 3.8) is 0 Å². The lowest BCUT2D eigenvalue weighted by Gasteiger charge is -2.30. The molecule has 1 aliphatic heterocycles. The lowest BCUT2D eigenvalue weighted by molar-refractivity contribution is -0.185. The fraction of sp³-hybridized carbons (Fsp3) is 0.368. The van der Waals surface area contributed by atoms with E-state index >= 15 is 0 Å². The molecule has 8 heteroatoms. The van der Waals surface area contributed by atoms with Gasteiger partial charge in [0.15, 0.2) is 12.4 Å². The van der Waals surface area contributed by atoms with E-state index in [9.17, 15) is 19.8 Å². The van der Waals surface area contributed by atoms with Gasteiger partial charge in [0.05, 0.1) is 25.4 Å². The van der Waals surface area contributed by atoms with Crippen molar-refractivity contribution in [2.24, 2.45) is 11.8 Å². The van der Waals surface area contributed by atoms with Crippen molar-refractivity contribution in [2.45, 2.75) is 50.1 Å². The molecule has 3 aromatic rings. The highest BCUT2D eigenvalue weighted by Crippen LogP contribution is 2.41. The van der Waals surface area contributed by atoms with Gasteiger partial charge in [-0.1, -0.05) is 91.0 Å². The first-order valence-electron chi connectivity index (χ1n) is 15.9. The van der Waals surface area contributed by atoms with Crippen LogP contribution in [0.15, 0.2) is 109 Å². The molecule has 0 radical (unpaired) electrons. The van der Waals surface area contributed by atoms with Crippen molar-refractivity contribution in [1.29, 1.82) is 0 Å². The lowest BCUT2D eigenvalue weighted by Crippen LogP contribution is -2.38. The van der Waals surface area contributed by atoms with Crippen molar-refractivity contribution in [1.82, 2.24) is 0 Å². The molecule has 46 heavy (non-hydrogen) atoms. The quantitative estimate of drug-likeness (QED) is 0.0924. The van der Waals surface area contributed by atoms with Gasteiger partial charge in [0, 0.05) is 18.1 Å². The summed E-state index contributed by atoms with van der Waals surface area (Å²) in [7, 11) is 0. The number of hydrogen-bond acceptors (Lipinski definition) is 8. The average molecular weight is 627 g/mol. The maximum absolute atomic E-state index is 12.5. The van der Waals surface area contributed by atoms with E-state index in [1.54, 1.807) is 24.3 Å². The normalized spacial score (nSPS) is 22.4. The zero-order valence-corrected chi connectivity index (χ0v) is 25.9. The van der Waals surface area contributed by atoms with Gasteiger partial charge < -0.3 is 29.2 Å². The number of aliphatic hydroxyl groups is 2. The number of rotatable bonds is 15. The van der Waals surface area contributed by atoms with Crippen molar-refractivity contribution >= 4 is 11.8 Å². The molecule has 0 aromatic heterocycles. The number of hydrogen-bond donors (Lipinski definition) is 2. The predicted molar refractivity (Wildman–Crippen MR) is 174 cm³/mol. The second-order valence-electron chi connectivity index (χ2n) is 11.8. The number of para-hydroxylation sites is 1. The van der Waals surface area contributed by atoms with Crippen molar-refractivity contribution < 1.29 is 38.7 Å². The third kappa shape index (κ3) is 9.23. The lowest BCUT2D eigenvalue weighted by atomic mass is 9.85. The molecule has 0 amide bonds. The van der Waals surface area contributed by atoms with E-state index in [2.05, 4.69) is 0 Å². The predicted octanol–water partition coefficient (Wildman–Crippen LogP) is 5.93. The van der Waals surface area contributed by atoms with Gasteiger partial charge >= 0.3 is 5.97 Å². The topological polar surface area (TPSA) is 112 Å². The number of benzene rings is 3. The standard InChI is InChI=1S/C38H42O8/c39-34-25-35(40)33(21-22-38(45-23-24-46-38)27-44-31-13-7-4-8-14-31)32(34)15-9-1-2-10-16-37(42)43-26-36(41)30-19-17-29(18-20-30)28-11-5-3-6-12-28/h1-8,10-14,16-20,32-35,39-40H,9,15,21-27H2/t32-,33-,34+,35-/m1/s1. The van der Waals surface area contributed by atoms with Crippen LogP contribution in [-0.4, -0.2) is 66.4 Å². The summed E-state index contributed by atoms with van der Waals surface area (Å²) in [4.78, 5) is 24.6. The Morgan fingerprint density at radius 1 is 0.804 bits per heavy atom. The van der Waals surface area contributed by atoms with Crippen LogP contribution in [0, 0.1) is 11.8 Å². The van der Waals surface area contributed by atoms with Crippen LogP contribution >= 0.6 is 0 Å². The Balaban J connectivity index is 1.03. The molecule has 1 heterocycles. The summed E-state index contributed by atoms with van der Waals surface area (Å²) in [6, 6.07) is 26.6. The van der Waals surface area contributed by atoms with Crippen LogP contribution in [0.2, 0.25) is 0 Å². The molecule has 2 N–H and O–H groups in total. The van der Waals surface area contributed by atoms with Crippen LogP contribution in [0.1, 0.15) is 42.5 Å². The van der Waals surface area contributed by atoms with E-state index in [0.29, 0.717) is 50.9 Å². The second kappa shape index (κ2) is 16.5. The molecule has 242 valence electrons. The van der Waals surface area contributed by atoms with Gasteiger partial charge in [0.1, 0.15) is 12.4 Å². The second-order valence-corrected chi connectivity index (χ2v) is 11.8. The van der Waals surface area contributed by atoms with Gasteiger partial charge in [-0.05, 0) is 60.8 Å². The number of Topliss-reactive ketones (excluding diaryl/α,β-unsaturated/α-hetero) is 1. The number of ketones is 1. The molecule has 1 aliphatic carbocycles. The third-order valence-corrected chi connectivity index (χ3v) is 8.70. The Bertz CT molecular complexity index is 1450. The van der Waals surface area contributed by atoms with Crippen molar-refractivity contribution in [2.75, 3.05) is 26.4 Å². The minimum atomic E-state index is -0.870. The molecular weight excluding hydrogens is 584 g/mol. The third-order valence-electron chi connectivity index (χ3n) is 8.70. The number of aliphatic hydroxyl groups excluding tert-OH is 2. The van der Waals surface area contributed by atoms with Crippen LogP contribution in [0.4, 0.5) is 0 Å². The molecule has 3 aromatic carbocycles. The first kappa shape index (κ1) is 33.3. The fourth-order valence-corrected chi connectivity index (χ4v) is 6.22. The minimum Gasteiger partial charge on any atom is -0.488 e. The van der Waals surface area contributed by atoms with Crippen molar-refractivity contribution in [3.05, 3.63) is 115 Å². The van der Waals surface area contributed by atoms with Gasteiger partial charge in [-0.15, -0.1) is 0 Å². The summed E-state index contributed by atoms with van der Waals surface area (Å²) in [5.74, 6) is -1.18. The molecular formula is C38H42O8. The Labute approximate surface area is 270 Å². The number of ether oxygens (including phenoxy) is 4. The molecule has 0 spiro atoms. The molecule has 1 saturated heterocycles. The summed E-state index contributed by atoms with van der Waals surface area (Å²) in [5.41, 5.74) is 2.54. The number of carbonyl (C=O) groups excluding carboxylic acids is 2. The first-order chi connectivity index (χ1) is 22.4. The number of allylic oxidation sites excluding steroid dienone is 3. The van der Waals surface area contributed by atoms with E-state index in [1.807, 2.05) is 78.9 Å². The Morgan fingerprint density at radius 2 is 1.43 bits per heavy atom. The molecule has 5 rings (SSSR count). The van der Waals surface area contributed by atoms with Crippen LogP contribution in [0.3, 0.4) is 0 Å².